The number of rotatable bonds is 8. The first kappa shape index (κ1) is 31.9. The van der Waals surface area contributed by atoms with E-state index in [0.717, 1.165) is 34.2 Å². The van der Waals surface area contributed by atoms with E-state index in [4.69, 9.17) is 20.0 Å². The largest absolute Gasteiger partial charge is 0.252 e. The lowest BCUT2D eigenvalue weighted by molar-refractivity contribution is 0.618. The first-order chi connectivity index (χ1) is 22.1. The van der Waals surface area contributed by atoms with Gasteiger partial charge in [0, 0.05) is 11.1 Å². The maximum absolute atomic E-state index is 14.0. The van der Waals surface area contributed by atoms with Gasteiger partial charge in [-0.1, -0.05) is 24.3 Å². The molecule has 0 aliphatic rings. The molecule has 0 spiro atoms. The molecule has 6 nitrogen and oxygen atoms in total. The molecule has 0 aliphatic heterocycles. The maximum atomic E-state index is 14.0. The third-order valence-corrected chi connectivity index (χ3v) is 7.48. The molecule has 230 valence electrons. The molecule has 0 atom stereocenters. The summed E-state index contributed by atoms with van der Waals surface area (Å²) in [5, 5.41) is 0. The Balaban J connectivity index is 1.31. The lowest BCUT2D eigenvalue weighted by atomic mass is 10.1. The normalized spacial score (nSPS) is 12.9. The highest BCUT2D eigenvalue weighted by Gasteiger charge is 2.09. The summed E-state index contributed by atoms with van der Waals surface area (Å²) in [6, 6.07) is 28.7. The molecule has 0 saturated heterocycles. The summed E-state index contributed by atoms with van der Waals surface area (Å²) in [6.07, 6.45) is 0. The van der Waals surface area contributed by atoms with E-state index < -0.39 is 0 Å². The molecule has 5 rings (SSSR count). The minimum atomic E-state index is -0.286. The molecule has 46 heavy (non-hydrogen) atoms. The summed E-state index contributed by atoms with van der Waals surface area (Å²) >= 11 is 0. The summed E-state index contributed by atoms with van der Waals surface area (Å²) < 4.78 is 27.9. The lowest BCUT2D eigenvalue weighted by Gasteiger charge is -2.07. The number of nitrogens with zero attached hydrogens (tertiary/aromatic N) is 6. The van der Waals surface area contributed by atoms with Crippen LogP contribution in [-0.2, 0) is 0 Å². The summed E-state index contributed by atoms with van der Waals surface area (Å²) in [7, 11) is 0. The Morgan fingerprint density at radius 3 is 1.09 bits per heavy atom. The van der Waals surface area contributed by atoms with Crippen molar-refractivity contribution in [3.05, 3.63) is 143 Å². The predicted molar refractivity (Wildman–Crippen MR) is 185 cm³/mol. The van der Waals surface area contributed by atoms with Gasteiger partial charge in [-0.15, -0.1) is 0 Å². The first-order valence-corrected chi connectivity index (χ1v) is 14.9. The van der Waals surface area contributed by atoms with E-state index in [9.17, 15) is 8.78 Å². The molecular formula is C38H34F2N6. The van der Waals surface area contributed by atoms with Crippen molar-refractivity contribution in [3.8, 4) is 0 Å². The minimum absolute atomic E-state index is 0.286. The van der Waals surface area contributed by atoms with Crippen LogP contribution in [0.3, 0.4) is 0 Å². The molecule has 0 aliphatic carbocycles. The van der Waals surface area contributed by atoms with Crippen LogP contribution in [0, 0.1) is 25.5 Å². The lowest BCUT2D eigenvalue weighted by Crippen LogP contribution is -2.05. The third-order valence-electron chi connectivity index (χ3n) is 7.48. The van der Waals surface area contributed by atoms with E-state index in [2.05, 4.69) is 9.98 Å². The number of hydrogen-bond acceptors (Lipinski definition) is 6. The Labute approximate surface area is 268 Å². The monoisotopic (exact) mass is 612 g/mol. The van der Waals surface area contributed by atoms with Crippen LogP contribution in [0.1, 0.15) is 61.6 Å². The quantitative estimate of drug-likeness (QED) is 0.164. The Morgan fingerprint density at radius 2 is 0.739 bits per heavy atom. The average Bonchev–Trinajstić information content (AvgIpc) is 3.06. The van der Waals surface area contributed by atoms with Gasteiger partial charge in [0.1, 0.15) is 11.6 Å². The van der Waals surface area contributed by atoms with Gasteiger partial charge in [-0.3, -0.25) is 20.0 Å². The molecule has 2 heterocycles. The molecule has 3 aromatic carbocycles. The zero-order valence-corrected chi connectivity index (χ0v) is 26.7. The zero-order valence-electron chi connectivity index (χ0n) is 26.7. The van der Waals surface area contributed by atoms with Crippen LogP contribution in [-0.4, -0.2) is 32.8 Å². The van der Waals surface area contributed by atoms with E-state index in [0.29, 0.717) is 45.3 Å². The van der Waals surface area contributed by atoms with Gasteiger partial charge in [-0.05, 0) is 114 Å². The third kappa shape index (κ3) is 7.58. The SMILES string of the molecule is CC(=Nc1ccc(N=C(C)c2cccc(C(C)=Nc3cccc(F)c3C)n2)cc1)c1cccc(C(C)=Nc2cccc(F)c2C)n1. The molecule has 0 amide bonds. The van der Waals surface area contributed by atoms with Gasteiger partial charge in [0.2, 0.25) is 0 Å². The summed E-state index contributed by atoms with van der Waals surface area (Å²) in [5.74, 6) is -0.573. The standard InChI is InChI=1S/C38H34F2N6/c1-23-31(39)11-7-13-33(23)43-27(5)37-17-9-15-35(45-37)25(3)41-29-19-21-30(22-20-29)42-26(4)36-16-10-18-38(46-36)28(6)44-34-14-8-12-32(40)24(34)2/h7-22H,1-6H3. The van der Waals surface area contributed by atoms with Gasteiger partial charge in [-0.2, -0.15) is 0 Å². The van der Waals surface area contributed by atoms with Gasteiger partial charge in [0.15, 0.2) is 0 Å². The molecule has 2 aromatic heterocycles. The second-order valence-corrected chi connectivity index (χ2v) is 10.9. The van der Waals surface area contributed by atoms with E-state index in [1.807, 2.05) is 88.4 Å². The fourth-order valence-corrected chi connectivity index (χ4v) is 4.69. The van der Waals surface area contributed by atoms with Crippen LogP contribution < -0.4 is 0 Å². The second kappa shape index (κ2) is 14.1. The fourth-order valence-electron chi connectivity index (χ4n) is 4.69. The molecule has 0 saturated carbocycles. The molecule has 0 fully saturated rings. The summed E-state index contributed by atoms with van der Waals surface area (Å²) in [4.78, 5) is 28.2. The van der Waals surface area contributed by atoms with E-state index >= 15 is 0 Å². The Kier molecular flexibility index (Phi) is 9.76. The van der Waals surface area contributed by atoms with Gasteiger partial charge in [0.25, 0.3) is 0 Å². The molecule has 0 bridgehead atoms. The Bertz CT molecular complexity index is 1880. The molecular weight excluding hydrogens is 578 g/mol. The van der Waals surface area contributed by atoms with Gasteiger partial charge >= 0.3 is 0 Å². The summed E-state index contributed by atoms with van der Waals surface area (Å²) in [5.41, 5.74) is 9.38. The number of pyridine rings is 2. The van der Waals surface area contributed by atoms with Crippen molar-refractivity contribution in [1.29, 1.82) is 0 Å². The van der Waals surface area contributed by atoms with Crippen LogP contribution in [0.15, 0.2) is 117 Å². The van der Waals surface area contributed by atoms with Gasteiger partial charge in [0.05, 0.1) is 68.4 Å². The van der Waals surface area contributed by atoms with Crippen molar-refractivity contribution in [2.45, 2.75) is 41.5 Å². The molecule has 0 radical (unpaired) electrons. The highest BCUT2D eigenvalue weighted by molar-refractivity contribution is 6.03. The van der Waals surface area contributed by atoms with Gasteiger partial charge < -0.3 is 0 Å². The highest BCUT2D eigenvalue weighted by Crippen LogP contribution is 2.24. The molecule has 5 aromatic rings. The van der Waals surface area contributed by atoms with Crippen LogP contribution in [0.2, 0.25) is 0 Å². The molecule has 0 unspecified atom stereocenters. The van der Waals surface area contributed by atoms with E-state index in [-0.39, 0.29) is 11.6 Å². The second-order valence-electron chi connectivity index (χ2n) is 10.9. The topological polar surface area (TPSA) is 75.2 Å². The van der Waals surface area contributed by atoms with Gasteiger partial charge in [-0.25, -0.2) is 18.7 Å². The predicted octanol–water partition coefficient (Wildman–Crippen LogP) is 9.93. The summed E-state index contributed by atoms with van der Waals surface area (Å²) in [6.45, 7) is 11.0. The van der Waals surface area contributed by atoms with Crippen molar-refractivity contribution in [3.63, 3.8) is 0 Å². The minimum Gasteiger partial charge on any atom is -0.252 e. The fraction of sp³-hybridized carbons (Fsp3) is 0.158. The Hall–Kier alpha value is -5.50. The number of benzene rings is 3. The van der Waals surface area contributed by atoms with Crippen molar-refractivity contribution in [2.75, 3.05) is 0 Å². The molecule has 0 N–H and O–H groups in total. The van der Waals surface area contributed by atoms with Crippen LogP contribution in [0.4, 0.5) is 31.5 Å². The number of aromatic nitrogens is 2. The van der Waals surface area contributed by atoms with Crippen molar-refractivity contribution < 1.29 is 8.78 Å². The number of halogens is 2. The molecule has 8 heteroatoms. The average molecular weight is 613 g/mol. The Morgan fingerprint density at radius 1 is 0.435 bits per heavy atom. The van der Waals surface area contributed by atoms with Crippen molar-refractivity contribution in [2.24, 2.45) is 20.0 Å². The van der Waals surface area contributed by atoms with Crippen LogP contribution in [0.25, 0.3) is 0 Å². The van der Waals surface area contributed by atoms with E-state index in [1.54, 1.807) is 38.1 Å². The number of aliphatic imine (C=N–C) groups is 4. The van der Waals surface area contributed by atoms with E-state index in [1.165, 1.54) is 12.1 Å². The smallest absolute Gasteiger partial charge is 0.128 e. The number of hydrogen-bond donors (Lipinski definition) is 0. The van der Waals surface area contributed by atoms with Crippen LogP contribution >= 0.6 is 0 Å². The zero-order chi connectivity index (χ0) is 32.8. The van der Waals surface area contributed by atoms with Crippen molar-refractivity contribution in [1.82, 2.24) is 9.97 Å². The first-order valence-electron chi connectivity index (χ1n) is 14.9. The van der Waals surface area contributed by atoms with Crippen molar-refractivity contribution >= 4 is 45.6 Å². The maximum Gasteiger partial charge on any atom is 0.128 e. The highest BCUT2D eigenvalue weighted by atomic mass is 19.1. The van der Waals surface area contributed by atoms with Crippen LogP contribution in [0.5, 0.6) is 0 Å².